The monoisotopic (exact) mass is 441 g/mol. The fraction of sp³-hybridized carbons (Fsp3) is 0.208. The van der Waals surface area contributed by atoms with Crippen LogP contribution in [0.5, 0.6) is 0 Å². The standard InChI is InChI=1S/C24H23N7O2/c1-15(32)28-19-4-2-3-16(11-19)17-5-6-20-21(12-17)29-22(18-13-26-24(25)27-14-18)30-23(20)31-7-9-33-10-8-31/h2-6,11-14H,7-10H2,1H3,(H,28,32)(H2,25,26,27). The van der Waals surface area contributed by atoms with E-state index in [1.54, 1.807) is 12.4 Å². The van der Waals surface area contributed by atoms with E-state index < -0.39 is 0 Å². The van der Waals surface area contributed by atoms with Crippen molar-refractivity contribution in [3.8, 4) is 22.5 Å². The topological polar surface area (TPSA) is 119 Å². The maximum Gasteiger partial charge on any atom is 0.221 e. The van der Waals surface area contributed by atoms with Crippen LogP contribution in [0.15, 0.2) is 54.9 Å². The number of ether oxygens (including phenoxy) is 1. The van der Waals surface area contributed by atoms with E-state index in [-0.39, 0.29) is 11.9 Å². The highest BCUT2D eigenvalue weighted by Gasteiger charge is 2.19. The summed E-state index contributed by atoms with van der Waals surface area (Å²) in [5.74, 6) is 1.49. The highest BCUT2D eigenvalue weighted by Crippen LogP contribution is 2.32. The van der Waals surface area contributed by atoms with E-state index in [4.69, 9.17) is 20.4 Å². The molecule has 166 valence electrons. The van der Waals surface area contributed by atoms with E-state index in [2.05, 4.69) is 26.3 Å². The molecule has 2 aromatic heterocycles. The van der Waals surface area contributed by atoms with Crippen LogP contribution in [0.25, 0.3) is 33.4 Å². The number of carbonyl (C=O) groups excluding carboxylic acids is 1. The smallest absolute Gasteiger partial charge is 0.221 e. The van der Waals surface area contributed by atoms with Gasteiger partial charge in [-0.1, -0.05) is 18.2 Å². The van der Waals surface area contributed by atoms with E-state index in [0.717, 1.165) is 46.6 Å². The average Bonchev–Trinajstić information content (AvgIpc) is 2.84. The molecule has 1 saturated heterocycles. The van der Waals surface area contributed by atoms with Gasteiger partial charge in [0.1, 0.15) is 5.82 Å². The van der Waals surface area contributed by atoms with Gasteiger partial charge in [-0.3, -0.25) is 4.79 Å². The zero-order chi connectivity index (χ0) is 22.8. The lowest BCUT2D eigenvalue weighted by molar-refractivity contribution is -0.114. The molecule has 9 nitrogen and oxygen atoms in total. The predicted octanol–water partition coefficient (Wildman–Crippen LogP) is 3.13. The van der Waals surface area contributed by atoms with Crippen LogP contribution in [-0.4, -0.2) is 52.1 Å². The molecule has 0 aliphatic carbocycles. The number of nitrogens with one attached hydrogen (secondary N) is 1. The largest absolute Gasteiger partial charge is 0.378 e. The Bertz CT molecular complexity index is 1320. The summed E-state index contributed by atoms with van der Waals surface area (Å²) in [6, 6.07) is 13.9. The lowest BCUT2D eigenvalue weighted by atomic mass is 10.0. The molecule has 1 aliphatic heterocycles. The normalized spacial score (nSPS) is 13.8. The molecule has 2 aromatic carbocycles. The number of aromatic nitrogens is 4. The zero-order valence-electron chi connectivity index (χ0n) is 18.2. The van der Waals surface area contributed by atoms with Crippen molar-refractivity contribution in [2.24, 2.45) is 0 Å². The number of nitrogen functional groups attached to an aromatic ring is 1. The number of rotatable bonds is 4. The molecule has 4 aromatic rings. The van der Waals surface area contributed by atoms with Crippen LogP contribution < -0.4 is 16.0 Å². The molecule has 3 heterocycles. The second-order valence-electron chi connectivity index (χ2n) is 7.79. The van der Waals surface area contributed by atoms with Crippen molar-refractivity contribution in [3.05, 3.63) is 54.9 Å². The van der Waals surface area contributed by atoms with E-state index in [9.17, 15) is 4.79 Å². The van der Waals surface area contributed by atoms with Gasteiger partial charge in [0, 0.05) is 43.5 Å². The number of amides is 1. The summed E-state index contributed by atoms with van der Waals surface area (Å²) in [5.41, 5.74) is 9.87. The minimum absolute atomic E-state index is 0.107. The zero-order valence-corrected chi connectivity index (χ0v) is 18.2. The van der Waals surface area contributed by atoms with Gasteiger partial charge >= 0.3 is 0 Å². The van der Waals surface area contributed by atoms with Crippen molar-refractivity contribution in [1.29, 1.82) is 0 Å². The van der Waals surface area contributed by atoms with Crippen molar-refractivity contribution in [2.45, 2.75) is 6.92 Å². The maximum absolute atomic E-state index is 11.5. The molecule has 9 heteroatoms. The van der Waals surface area contributed by atoms with Gasteiger partial charge in [0.05, 0.1) is 24.3 Å². The molecule has 0 saturated carbocycles. The number of anilines is 3. The summed E-state index contributed by atoms with van der Waals surface area (Å²) in [5, 5.41) is 3.79. The van der Waals surface area contributed by atoms with Crippen LogP contribution in [-0.2, 0) is 9.53 Å². The molecular formula is C24H23N7O2. The van der Waals surface area contributed by atoms with Crippen molar-refractivity contribution < 1.29 is 9.53 Å². The number of carbonyl (C=O) groups is 1. The molecule has 0 radical (unpaired) electrons. The molecule has 1 aliphatic rings. The Hall–Kier alpha value is -4.11. The van der Waals surface area contributed by atoms with Gasteiger partial charge in [0.15, 0.2) is 5.82 Å². The number of nitrogens with zero attached hydrogens (tertiary/aromatic N) is 5. The Morgan fingerprint density at radius 3 is 2.52 bits per heavy atom. The van der Waals surface area contributed by atoms with Crippen LogP contribution in [0, 0.1) is 0 Å². The molecule has 3 N–H and O–H groups in total. The first-order valence-corrected chi connectivity index (χ1v) is 10.7. The molecule has 1 amide bonds. The van der Waals surface area contributed by atoms with Gasteiger partial charge in [0.2, 0.25) is 11.9 Å². The minimum atomic E-state index is -0.107. The molecule has 1 fully saturated rings. The van der Waals surface area contributed by atoms with Crippen molar-refractivity contribution in [1.82, 2.24) is 19.9 Å². The first kappa shape index (κ1) is 20.8. The fourth-order valence-corrected chi connectivity index (χ4v) is 3.87. The van der Waals surface area contributed by atoms with Crippen molar-refractivity contribution >= 4 is 34.3 Å². The first-order chi connectivity index (χ1) is 16.1. The third kappa shape index (κ3) is 4.44. The van der Waals surface area contributed by atoms with Crippen LogP contribution in [0.2, 0.25) is 0 Å². The summed E-state index contributed by atoms with van der Waals surface area (Å²) in [7, 11) is 0. The Morgan fingerprint density at radius 1 is 1.00 bits per heavy atom. The van der Waals surface area contributed by atoms with Crippen LogP contribution in [0.1, 0.15) is 6.92 Å². The van der Waals surface area contributed by atoms with Gasteiger partial charge in [0.25, 0.3) is 0 Å². The number of benzene rings is 2. The van der Waals surface area contributed by atoms with Crippen molar-refractivity contribution in [3.63, 3.8) is 0 Å². The van der Waals surface area contributed by atoms with Crippen molar-refractivity contribution in [2.75, 3.05) is 42.3 Å². The lowest BCUT2D eigenvalue weighted by Crippen LogP contribution is -2.37. The minimum Gasteiger partial charge on any atom is -0.378 e. The molecule has 0 spiro atoms. The molecule has 0 atom stereocenters. The second-order valence-corrected chi connectivity index (χ2v) is 7.79. The highest BCUT2D eigenvalue weighted by molar-refractivity contribution is 5.94. The summed E-state index contributed by atoms with van der Waals surface area (Å²) < 4.78 is 5.53. The van der Waals surface area contributed by atoms with E-state index >= 15 is 0 Å². The van der Waals surface area contributed by atoms with Crippen LogP contribution in [0.4, 0.5) is 17.5 Å². The number of morpholine rings is 1. The maximum atomic E-state index is 11.5. The number of hydrogen-bond donors (Lipinski definition) is 2. The Labute approximate surface area is 190 Å². The Morgan fingerprint density at radius 2 is 1.76 bits per heavy atom. The number of nitrogens with two attached hydrogens (primary N) is 1. The summed E-state index contributed by atoms with van der Waals surface area (Å²) in [4.78, 5) is 31.6. The van der Waals surface area contributed by atoms with Gasteiger partial charge in [-0.2, -0.15) is 0 Å². The van der Waals surface area contributed by atoms with E-state index in [1.165, 1.54) is 6.92 Å². The fourth-order valence-electron chi connectivity index (χ4n) is 3.87. The Balaban J connectivity index is 1.63. The highest BCUT2D eigenvalue weighted by atomic mass is 16.5. The number of hydrogen-bond acceptors (Lipinski definition) is 8. The number of fused-ring (bicyclic) bond motifs is 1. The second kappa shape index (κ2) is 8.79. The lowest BCUT2D eigenvalue weighted by Gasteiger charge is -2.29. The van der Waals surface area contributed by atoms with Gasteiger partial charge in [-0.25, -0.2) is 19.9 Å². The van der Waals surface area contributed by atoms with Gasteiger partial charge in [-0.15, -0.1) is 0 Å². The Kier molecular flexibility index (Phi) is 5.54. The summed E-state index contributed by atoms with van der Waals surface area (Å²) >= 11 is 0. The summed E-state index contributed by atoms with van der Waals surface area (Å²) in [6.45, 7) is 4.31. The SMILES string of the molecule is CC(=O)Nc1cccc(-c2ccc3c(N4CCOCC4)nc(-c4cnc(N)nc4)nc3c2)c1. The predicted molar refractivity (Wildman–Crippen MR) is 128 cm³/mol. The molecule has 0 unspecified atom stereocenters. The first-order valence-electron chi connectivity index (χ1n) is 10.7. The third-order valence-corrected chi connectivity index (χ3v) is 5.43. The molecular weight excluding hydrogens is 418 g/mol. The van der Waals surface area contributed by atoms with Crippen LogP contribution >= 0.6 is 0 Å². The molecule has 5 rings (SSSR count). The van der Waals surface area contributed by atoms with Crippen LogP contribution in [0.3, 0.4) is 0 Å². The van der Waals surface area contributed by atoms with Gasteiger partial charge < -0.3 is 20.7 Å². The average molecular weight is 441 g/mol. The quantitative estimate of drug-likeness (QED) is 0.496. The van der Waals surface area contributed by atoms with Gasteiger partial charge in [-0.05, 0) is 35.4 Å². The summed E-state index contributed by atoms with van der Waals surface area (Å²) in [6.07, 6.45) is 3.26. The molecule has 0 bridgehead atoms. The third-order valence-electron chi connectivity index (χ3n) is 5.43. The van der Waals surface area contributed by atoms with E-state index in [1.807, 2.05) is 36.4 Å². The van der Waals surface area contributed by atoms with E-state index in [0.29, 0.717) is 24.6 Å². The molecule has 33 heavy (non-hydrogen) atoms.